The van der Waals surface area contributed by atoms with Crippen LogP contribution in [0.1, 0.15) is 24.5 Å². The van der Waals surface area contributed by atoms with Crippen LogP contribution in [0.2, 0.25) is 0 Å². The van der Waals surface area contributed by atoms with Crippen LogP contribution in [0.25, 0.3) is 0 Å². The van der Waals surface area contributed by atoms with Crippen LogP contribution in [0.5, 0.6) is 0 Å². The zero-order valence-corrected chi connectivity index (χ0v) is 16.8. The second-order valence-corrected chi connectivity index (χ2v) is 7.16. The molecule has 0 unspecified atom stereocenters. The molecule has 8 heteroatoms. The van der Waals surface area contributed by atoms with Crippen LogP contribution in [-0.2, 0) is 26.9 Å². The number of aliphatic imine (C=N–C) groups is 1. The monoisotopic (exact) mass is 455 g/mol. The number of hydrogen-bond donors (Lipinski definition) is 2. The van der Waals surface area contributed by atoms with Crippen molar-refractivity contribution >= 4 is 39.8 Å². The van der Waals surface area contributed by atoms with E-state index in [-0.39, 0.29) is 29.7 Å². The van der Waals surface area contributed by atoms with Crippen molar-refractivity contribution < 1.29 is 13.2 Å². The zero-order valence-electron chi connectivity index (χ0n) is 13.6. The van der Waals surface area contributed by atoms with Crippen molar-refractivity contribution in [2.45, 2.75) is 25.6 Å². The van der Waals surface area contributed by atoms with Crippen molar-refractivity contribution in [1.29, 1.82) is 0 Å². The number of ether oxygens (including phenoxy) is 1. The smallest absolute Gasteiger partial charge is 0.188 e. The highest BCUT2D eigenvalue weighted by molar-refractivity contribution is 14.0. The minimum absolute atomic E-state index is 0. The molecule has 3 N–H and O–H groups in total. The maximum absolute atomic E-state index is 11.4. The van der Waals surface area contributed by atoms with Gasteiger partial charge in [-0.2, -0.15) is 0 Å². The molecule has 0 aliphatic carbocycles. The summed E-state index contributed by atoms with van der Waals surface area (Å²) >= 11 is 0. The van der Waals surface area contributed by atoms with E-state index in [9.17, 15) is 8.42 Å². The molecular weight excluding hydrogens is 429 g/mol. The van der Waals surface area contributed by atoms with Gasteiger partial charge in [0.05, 0.1) is 12.3 Å². The number of benzene rings is 1. The van der Waals surface area contributed by atoms with E-state index in [0.29, 0.717) is 32.3 Å². The first-order chi connectivity index (χ1) is 10.4. The molecule has 1 aromatic rings. The molecule has 0 aliphatic heterocycles. The Balaban J connectivity index is 0.00000484. The number of nitrogens with two attached hydrogens (primary N) is 1. The molecule has 0 amide bonds. The van der Waals surface area contributed by atoms with E-state index >= 15 is 0 Å². The van der Waals surface area contributed by atoms with E-state index in [1.165, 1.54) is 6.26 Å². The van der Waals surface area contributed by atoms with Crippen molar-refractivity contribution in [3.05, 3.63) is 35.4 Å². The molecule has 0 atom stereocenters. The zero-order chi connectivity index (χ0) is 16.4. The summed E-state index contributed by atoms with van der Waals surface area (Å²) in [6.07, 6.45) is 2.08. The Morgan fingerprint density at radius 1 is 1.30 bits per heavy atom. The van der Waals surface area contributed by atoms with E-state index in [2.05, 4.69) is 10.3 Å². The molecule has 0 radical (unpaired) electrons. The summed E-state index contributed by atoms with van der Waals surface area (Å²) in [7, 11) is -3.07. The number of nitrogens with zero attached hydrogens (tertiary/aromatic N) is 1. The summed E-state index contributed by atoms with van der Waals surface area (Å²) in [5.41, 5.74) is 7.42. The number of halogens is 1. The molecule has 1 rings (SSSR count). The SMILES string of the molecule is CCOCCCNC(N)=NCc1ccccc1CS(C)(=O)=O.I. The van der Waals surface area contributed by atoms with Gasteiger partial charge in [0, 0.05) is 26.0 Å². The van der Waals surface area contributed by atoms with Gasteiger partial charge in [0.1, 0.15) is 0 Å². The van der Waals surface area contributed by atoms with E-state index < -0.39 is 9.84 Å². The van der Waals surface area contributed by atoms with E-state index in [1.54, 1.807) is 6.07 Å². The van der Waals surface area contributed by atoms with Gasteiger partial charge >= 0.3 is 0 Å². The Morgan fingerprint density at radius 3 is 2.57 bits per heavy atom. The highest BCUT2D eigenvalue weighted by Gasteiger charge is 2.08. The van der Waals surface area contributed by atoms with E-state index in [4.69, 9.17) is 10.5 Å². The Bertz CT molecular complexity index is 591. The van der Waals surface area contributed by atoms with Crippen molar-refractivity contribution in [3.8, 4) is 0 Å². The van der Waals surface area contributed by atoms with E-state index in [0.717, 1.165) is 17.5 Å². The van der Waals surface area contributed by atoms with Crippen LogP contribution >= 0.6 is 24.0 Å². The predicted octanol–water partition coefficient (Wildman–Crippen LogP) is 1.68. The molecule has 0 saturated heterocycles. The standard InChI is InChI=1S/C15H25N3O3S.HI/c1-3-21-10-6-9-17-15(16)18-11-13-7-4-5-8-14(13)12-22(2,19)20;/h4-5,7-8H,3,6,9-12H2,1-2H3,(H3,16,17,18);1H. The van der Waals surface area contributed by atoms with Gasteiger partial charge in [0.25, 0.3) is 0 Å². The minimum Gasteiger partial charge on any atom is -0.382 e. The molecule has 0 bridgehead atoms. The van der Waals surface area contributed by atoms with Gasteiger partial charge in [-0.1, -0.05) is 24.3 Å². The van der Waals surface area contributed by atoms with Crippen molar-refractivity contribution in [2.24, 2.45) is 10.7 Å². The highest BCUT2D eigenvalue weighted by Crippen LogP contribution is 2.13. The molecule has 23 heavy (non-hydrogen) atoms. The summed E-state index contributed by atoms with van der Waals surface area (Å²) in [6.45, 7) is 4.40. The molecule has 0 aliphatic rings. The highest BCUT2D eigenvalue weighted by atomic mass is 127. The largest absolute Gasteiger partial charge is 0.382 e. The normalized spacial score (nSPS) is 11.8. The molecule has 0 spiro atoms. The van der Waals surface area contributed by atoms with Crippen LogP contribution < -0.4 is 11.1 Å². The average Bonchev–Trinajstić information content (AvgIpc) is 2.44. The summed E-state index contributed by atoms with van der Waals surface area (Å²) in [4.78, 5) is 4.25. The topological polar surface area (TPSA) is 93.8 Å². The first-order valence-corrected chi connectivity index (χ1v) is 9.34. The first kappa shape index (κ1) is 22.1. The van der Waals surface area contributed by atoms with E-state index in [1.807, 2.05) is 25.1 Å². The Labute approximate surface area is 155 Å². The summed E-state index contributed by atoms with van der Waals surface area (Å²) in [5.74, 6) is 0.367. The summed E-state index contributed by atoms with van der Waals surface area (Å²) in [5, 5.41) is 3.01. The summed E-state index contributed by atoms with van der Waals surface area (Å²) in [6, 6.07) is 7.36. The van der Waals surface area contributed by atoms with Crippen LogP contribution in [0.3, 0.4) is 0 Å². The number of hydrogen-bond acceptors (Lipinski definition) is 4. The second kappa shape index (κ2) is 11.6. The number of sulfone groups is 1. The second-order valence-electron chi connectivity index (χ2n) is 5.02. The Hall–Kier alpha value is -0.870. The van der Waals surface area contributed by atoms with Gasteiger partial charge in [-0.05, 0) is 24.5 Å². The lowest BCUT2D eigenvalue weighted by atomic mass is 10.1. The third-order valence-corrected chi connectivity index (χ3v) is 3.77. The molecule has 0 fully saturated rings. The minimum atomic E-state index is -3.07. The molecule has 132 valence electrons. The predicted molar refractivity (Wildman–Crippen MR) is 105 cm³/mol. The maximum Gasteiger partial charge on any atom is 0.188 e. The molecule has 0 saturated carbocycles. The fourth-order valence-electron chi connectivity index (χ4n) is 1.90. The van der Waals surface area contributed by atoms with Crippen LogP contribution in [0, 0.1) is 0 Å². The quantitative estimate of drug-likeness (QED) is 0.256. The van der Waals surface area contributed by atoms with Crippen molar-refractivity contribution in [1.82, 2.24) is 5.32 Å². The summed E-state index contributed by atoms with van der Waals surface area (Å²) < 4.78 is 28.1. The molecule has 1 aromatic carbocycles. The number of rotatable bonds is 9. The fourth-order valence-corrected chi connectivity index (χ4v) is 2.74. The molecule has 6 nitrogen and oxygen atoms in total. The number of nitrogens with one attached hydrogen (secondary N) is 1. The Kier molecular flexibility index (Phi) is 11.2. The van der Waals surface area contributed by atoms with Gasteiger partial charge in [-0.15, -0.1) is 24.0 Å². The van der Waals surface area contributed by atoms with Gasteiger partial charge in [-0.25, -0.2) is 13.4 Å². The lowest BCUT2D eigenvalue weighted by molar-refractivity contribution is 0.145. The van der Waals surface area contributed by atoms with Gasteiger partial charge in [0.15, 0.2) is 15.8 Å². The van der Waals surface area contributed by atoms with Crippen LogP contribution in [0.4, 0.5) is 0 Å². The molecule has 0 heterocycles. The van der Waals surface area contributed by atoms with Crippen molar-refractivity contribution in [3.63, 3.8) is 0 Å². The number of guanidine groups is 1. The van der Waals surface area contributed by atoms with Crippen molar-refractivity contribution in [2.75, 3.05) is 26.0 Å². The molecule has 0 aromatic heterocycles. The van der Waals surface area contributed by atoms with Gasteiger partial charge in [0.2, 0.25) is 0 Å². The fraction of sp³-hybridized carbons (Fsp3) is 0.533. The lowest BCUT2D eigenvalue weighted by Crippen LogP contribution is -2.32. The average molecular weight is 455 g/mol. The molecular formula is C15H26IN3O3S. The third kappa shape index (κ3) is 10.5. The maximum atomic E-state index is 11.4. The van der Waals surface area contributed by atoms with Gasteiger partial charge in [-0.3, -0.25) is 0 Å². The Morgan fingerprint density at radius 2 is 1.96 bits per heavy atom. The third-order valence-electron chi connectivity index (χ3n) is 2.93. The van der Waals surface area contributed by atoms with Gasteiger partial charge < -0.3 is 15.8 Å². The lowest BCUT2D eigenvalue weighted by Gasteiger charge is -2.08. The van der Waals surface area contributed by atoms with Crippen LogP contribution in [-0.4, -0.2) is 40.4 Å². The van der Waals surface area contributed by atoms with Crippen LogP contribution in [0.15, 0.2) is 29.3 Å². The first-order valence-electron chi connectivity index (χ1n) is 7.28.